The Balaban J connectivity index is 2.00. The number of aliphatic hydroxyl groups is 1. The van der Waals surface area contributed by atoms with E-state index in [2.05, 4.69) is 13.8 Å². The molecular formula is C17H25NO3. The first kappa shape index (κ1) is 15.8. The zero-order valence-electron chi connectivity index (χ0n) is 12.9. The maximum atomic E-state index is 12.5. The average Bonchev–Trinajstić information content (AvgIpc) is 2.42. The molecular weight excluding hydrogens is 266 g/mol. The predicted molar refractivity (Wildman–Crippen MR) is 82.5 cm³/mol. The van der Waals surface area contributed by atoms with Crippen molar-refractivity contribution in [2.75, 3.05) is 19.8 Å². The first-order valence-electron chi connectivity index (χ1n) is 7.76. The molecule has 21 heavy (non-hydrogen) atoms. The minimum Gasteiger partial charge on any atom is -0.493 e. The minimum absolute atomic E-state index is 0.00385. The molecule has 1 aliphatic carbocycles. The van der Waals surface area contributed by atoms with Gasteiger partial charge >= 0.3 is 0 Å². The van der Waals surface area contributed by atoms with Gasteiger partial charge in [-0.2, -0.15) is 0 Å². The summed E-state index contributed by atoms with van der Waals surface area (Å²) in [5, 5.41) is 9.15. The van der Waals surface area contributed by atoms with Gasteiger partial charge in [0.1, 0.15) is 5.75 Å². The molecule has 1 aromatic rings. The molecule has 0 unspecified atom stereocenters. The molecule has 0 radical (unpaired) electrons. The van der Waals surface area contributed by atoms with Crippen LogP contribution in [0.25, 0.3) is 0 Å². The summed E-state index contributed by atoms with van der Waals surface area (Å²) in [5.41, 5.74) is 0.659. The zero-order valence-corrected chi connectivity index (χ0v) is 12.9. The summed E-state index contributed by atoms with van der Waals surface area (Å²) in [6.45, 7) is 5.30. The number of benzene rings is 1. The first-order chi connectivity index (χ1) is 10.1. The molecule has 4 heteroatoms. The number of nitrogens with zero attached hydrogens (tertiary/aromatic N) is 1. The summed E-state index contributed by atoms with van der Waals surface area (Å²) in [5.74, 6) is 1.27. The monoisotopic (exact) mass is 291 g/mol. The molecule has 1 aliphatic rings. The van der Waals surface area contributed by atoms with Gasteiger partial charge in [-0.15, -0.1) is 0 Å². The Morgan fingerprint density at radius 2 is 2.00 bits per heavy atom. The van der Waals surface area contributed by atoms with Crippen LogP contribution >= 0.6 is 0 Å². The Kier molecular flexibility index (Phi) is 5.62. The zero-order chi connectivity index (χ0) is 15.2. The maximum Gasteiger partial charge on any atom is 0.254 e. The van der Waals surface area contributed by atoms with Crippen molar-refractivity contribution < 1.29 is 14.6 Å². The summed E-state index contributed by atoms with van der Waals surface area (Å²) in [4.78, 5) is 14.3. The fourth-order valence-electron chi connectivity index (χ4n) is 2.38. The number of amides is 1. The van der Waals surface area contributed by atoms with Crippen LogP contribution in [-0.4, -0.2) is 41.7 Å². The maximum absolute atomic E-state index is 12.5. The highest BCUT2D eigenvalue weighted by Gasteiger charge is 2.28. The van der Waals surface area contributed by atoms with Gasteiger partial charge in [0.15, 0.2) is 0 Å². The predicted octanol–water partition coefficient (Wildman–Crippen LogP) is 2.71. The largest absolute Gasteiger partial charge is 0.493 e. The first-order valence-corrected chi connectivity index (χ1v) is 7.76. The van der Waals surface area contributed by atoms with Crippen LogP contribution in [0.4, 0.5) is 0 Å². The molecule has 0 saturated heterocycles. The molecule has 1 fully saturated rings. The average molecular weight is 291 g/mol. The highest BCUT2D eigenvalue weighted by Crippen LogP contribution is 2.26. The molecule has 1 aromatic carbocycles. The lowest BCUT2D eigenvalue weighted by Crippen LogP contribution is -2.45. The third-order valence-electron chi connectivity index (χ3n) is 3.80. The van der Waals surface area contributed by atoms with Crippen LogP contribution in [0.15, 0.2) is 24.3 Å². The fourth-order valence-corrected chi connectivity index (χ4v) is 2.38. The lowest BCUT2D eigenvalue weighted by molar-refractivity contribution is 0.0526. The molecule has 2 rings (SSSR count). The van der Waals surface area contributed by atoms with E-state index in [1.54, 1.807) is 17.0 Å². The van der Waals surface area contributed by atoms with Crippen LogP contribution in [0.2, 0.25) is 0 Å². The summed E-state index contributed by atoms with van der Waals surface area (Å²) in [7, 11) is 0. The molecule has 0 atom stereocenters. The second kappa shape index (κ2) is 7.46. The smallest absolute Gasteiger partial charge is 0.254 e. The standard InChI is InChI=1S/C17H25NO3/c1-13(2)12-21-16-8-6-14(7-9-16)17(20)18(10-11-19)15-4-3-5-15/h6-9,13,15,19H,3-5,10-12H2,1-2H3. The highest BCUT2D eigenvalue weighted by atomic mass is 16.5. The van der Waals surface area contributed by atoms with E-state index in [0.29, 0.717) is 30.7 Å². The van der Waals surface area contributed by atoms with Crippen LogP contribution in [0.5, 0.6) is 5.75 Å². The van der Waals surface area contributed by atoms with Crippen LogP contribution in [-0.2, 0) is 0 Å². The molecule has 0 aliphatic heterocycles. The van der Waals surface area contributed by atoms with E-state index in [0.717, 1.165) is 18.6 Å². The van der Waals surface area contributed by atoms with Crippen LogP contribution in [0, 0.1) is 5.92 Å². The van der Waals surface area contributed by atoms with E-state index < -0.39 is 0 Å². The number of rotatable bonds is 7. The minimum atomic E-state index is 0.00385. The molecule has 4 nitrogen and oxygen atoms in total. The second-order valence-electron chi connectivity index (χ2n) is 6.04. The molecule has 1 saturated carbocycles. The summed E-state index contributed by atoms with van der Waals surface area (Å²) in [6, 6.07) is 7.59. The van der Waals surface area contributed by atoms with Gasteiger partial charge in [-0.3, -0.25) is 4.79 Å². The van der Waals surface area contributed by atoms with Crippen molar-refractivity contribution in [3.8, 4) is 5.75 Å². The summed E-state index contributed by atoms with van der Waals surface area (Å²) < 4.78 is 5.63. The Hall–Kier alpha value is -1.55. The van der Waals surface area contributed by atoms with Crippen molar-refractivity contribution in [2.24, 2.45) is 5.92 Å². The van der Waals surface area contributed by atoms with E-state index in [1.807, 2.05) is 12.1 Å². The van der Waals surface area contributed by atoms with E-state index in [-0.39, 0.29) is 12.5 Å². The van der Waals surface area contributed by atoms with Gasteiger partial charge in [0.25, 0.3) is 5.91 Å². The Morgan fingerprint density at radius 1 is 1.33 bits per heavy atom. The number of ether oxygens (including phenoxy) is 1. The molecule has 0 spiro atoms. The van der Waals surface area contributed by atoms with Gasteiger partial charge in [0.05, 0.1) is 13.2 Å². The van der Waals surface area contributed by atoms with Crippen molar-refractivity contribution in [3.63, 3.8) is 0 Å². The normalized spacial score (nSPS) is 14.9. The molecule has 1 amide bonds. The lowest BCUT2D eigenvalue weighted by atomic mass is 9.91. The van der Waals surface area contributed by atoms with Gasteiger partial charge in [-0.05, 0) is 49.4 Å². The number of hydrogen-bond acceptors (Lipinski definition) is 3. The number of carbonyl (C=O) groups is 1. The number of carbonyl (C=O) groups excluding carboxylic acids is 1. The van der Waals surface area contributed by atoms with E-state index in [1.165, 1.54) is 6.42 Å². The summed E-state index contributed by atoms with van der Waals surface area (Å²) in [6.07, 6.45) is 3.25. The number of aliphatic hydroxyl groups excluding tert-OH is 1. The Morgan fingerprint density at radius 3 is 2.48 bits per heavy atom. The fraction of sp³-hybridized carbons (Fsp3) is 0.588. The quantitative estimate of drug-likeness (QED) is 0.840. The third kappa shape index (κ3) is 4.21. The van der Waals surface area contributed by atoms with Crippen molar-refractivity contribution in [1.82, 2.24) is 4.90 Å². The van der Waals surface area contributed by atoms with Gasteiger partial charge in [0, 0.05) is 18.2 Å². The van der Waals surface area contributed by atoms with Gasteiger partial charge in [-0.1, -0.05) is 13.8 Å². The molecule has 0 bridgehead atoms. The van der Waals surface area contributed by atoms with Crippen molar-refractivity contribution >= 4 is 5.91 Å². The molecule has 116 valence electrons. The van der Waals surface area contributed by atoms with E-state index in [4.69, 9.17) is 9.84 Å². The van der Waals surface area contributed by atoms with Gasteiger partial charge in [0.2, 0.25) is 0 Å². The third-order valence-corrected chi connectivity index (χ3v) is 3.80. The Labute approximate surface area is 126 Å². The molecule has 0 heterocycles. The van der Waals surface area contributed by atoms with E-state index >= 15 is 0 Å². The van der Waals surface area contributed by atoms with Crippen molar-refractivity contribution in [1.29, 1.82) is 0 Å². The van der Waals surface area contributed by atoms with Crippen molar-refractivity contribution in [2.45, 2.75) is 39.2 Å². The van der Waals surface area contributed by atoms with Gasteiger partial charge in [-0.25, -0.2) is 0 Å². The summed E-state index contributed by atoms with van der Waals surface area (Å²) >= 11 is 0. The molecule has 0 aromatic heterocycles. The lowest BCUT2D eigenvalue weighted by Gasteiger charge is -2.37. The number of hydrogen-bond donors (Lipinski definition) is 1. The van der Waals surface area contributed by atoms with Crippen LogP contribution in [0.1, 0.15) is 43.5 Å². The van der Waals surface area contributed by atoms with Gasteiger partial charge < -0.3 is 14.7 Å². The van der Waals surface area contributed by atoms with E-state index in [9.17, 15) is 4.79 Å². The van der Waals surface area contributed by atoms with Crippen LogP contribution in [0.3, 0.4) is 0 Å². The molecule has 1 N–H and O–H groups in total. The van der Waals surface area contributed by atoms with Crippen molar-refractivity contribution in [3.05, 3.63) is 29.8 Å². The highest BCUT2D eigenvalue weighted by molar-refractivity contribution is 5.94. The van der Waals surface area contributed by atoms with Crippen LogP contribution < -0.4 is 4.74 Å². The SMILES string of the molecule is CC(C)COc1ccc(C(=O)N(CCO)C2CCC2)cc1. The Bertz CT molecular complexity index is 452. The topological polar surface area (TPSA) is 49.8 Å². The second-order valence-corrected chi connectivity index (χ2v) is 6.04.